The summed E-state index contributed by atoms with van der Waals surface area (Å²) in [5, 5.41) is 0. The fraction of sp³-hybridized carbons (Fsp3) is 0.188. The molecule has 2 rings (SSSR count). The molecular weight excluding hydrogens is 428 g/mol. The van der Waals surface area contributed by atoms with Crippen LogP contribution in [-0.4, -0.2) is 27.8 Å². The Bertz CT molecular complexity index is 705. The van der Waals surface area contributed by atoms with E-state index in [1.165, 1.54) is 6.92 Å². The summed E-state index contributed by atoms with van der Waals surface area (Å²) >= 11 is 6.31. The van der Waals surface area contributed by atoms with Crippen LogP contribution < -0.4 is 0 Å². The molecule has 0 aromatic carbocycles. The van der Waals surface area contributed by atoms with Gasteiger partial charge < -0.3 is 4.79 Å². The molecule has 0 aliphatic rings. The highest BCUT2D eigenvalue weighted by Crippen LogP contribution is 2.09. The van der Waals surface area contributed by atoms with Crippen LogP contribution in [0.4, 0.5) is 0 Å². The molecule has 0 aliphatic carbocycles. The number of halogens is 2. The summed E-state index contributed by atoms with van der Waals surface area (Å²) in [4.78, 5) is 40.1. The van der Waals surface area contributed by atoms with E-state index in [-0.39, 0.29) is 24.4 Å². The van der Waals surface area contributed by atoms with Gasteiger partial charge in [-0.2, -0.15) is 0 Å². The minimum atomic E-state index is -0.0958. The normalized spacial score (nSPS) is 9.52. The minimum Gasteiger partial charge on any atom is -0.300 e. The Kier molecular flexibility index (Phi) is 8.50. The van der Waals surface area contributed by atoms with Crippen LogP contribution >= 0.6 is 31.9 Å². The average molecular weight is 442 g/mol. The zero-order chi connectivity index (χ0) is 17.2. The molecule has 7 heteroatoms. The maximum Gasteiger partial charge on any atom is 0.181 e. The van der Waals surface area contributed by atoms with Gasteiger partial charge in [-0.25, -0.2) is 9.97 Å². The van der Waals surface area contributed by atoms with Crippen molar-refractivity contribution in [2.45, 2.75) is 19.8 Å². The summed E-state index contributed by atoms with van der Waals surface area (Å²) in [6, 6.07) is 10.3. The summed E-state index contributed by atoms with van der Waals surface area (Å²) in [5.41, 5.74) is 0.852. The van der Waals surface area contributed by atoms with Crippen LogP contribution in [0, 0.1) is 0 Å². The lowest BCUT2D eigenvalue weighted by molar-refractivity contribution is -0.116. The first kappa shape index (κ1) is 19.3. The van der Waals surface area contributed by atoms with Gasteiger partial charge >= 0.3 is 0 Å². The fourth-order valence-electron chi connectivity index (χ4n) is 1.47. The van der Waals surface area contributed by atoms with E-state index in [2.05, 4.69) is 41.8 Å². The van der Waals surface area contributed by atoms with Gasteiger partial charge in [0.05, 0.1) is 0 Å². The number of rotatable bonds is 5. The fourth-order valence-corrected chi connectivity index (χ4v) is 2.17. The third kappa shape index (κ3) is 7.90. The number of nitrogens with zero attached hydrogens (tertiary/aromatic N) is 2. The van der Waals surface area contributed by atoms with Crippen LogP contribution in [0.5, 0.6) is 0 Å². The zero-order valence-electron chi connectivity index (χ0n) is 12.3. The van der Waals surface area contributed by atoms with Crippen molar-refractivity contribution in [2.24, 2.45) is 0 Å². The summed E-state index contributed by atoms with van der Waals surface area (Å²) in [6.45, 7) is 1.47. The first-order chi connectivity index (χ1) is 10.9. The van der Waals surface area contributed by atoms with Crippen LogP contribution in [0.1, 0.15) is 40.7 Å². The van der Waals surface area contributed by atoms with E-state index in [1.54, 1.807) is 36.4 Å². The summed E-state index contributed by atoms with van der Waals surface area (Å²) < 4.78 is 1.32. The van der Waals surface area contributed by atoms with E-state index >= 15 is 0 Å². The molecule has 5 nitrogen and oxygen atoms in total. The number of aromatic nitrogens is 2. The van der Waals surface area contributed by atoms with Crippen molar-refractivity contribution in [1.29, 1.82) is 0 Å². The number of Topliss-reactive ketones (excluding diaryl/α,β-unsaturated/α-hetero) is 2. The lowest BCUT2D eigenvalue weighted by Gasteiger charge is -1.98. The van der Waals surface area contributed by atoms with Gasteiger partial charge in [0.15, 0.2) is 12.1 Å². The highest BCUT2D eigenvalue weighted by atomic mass is 79.9. The first-order valence-corrected chi connectivity index (χ1v) is 8.24. The van der Waals surface area contributed by atoms with E-state index in [0.717, 1.165) is 0 Å². The SMILES string of the molecule is CC(=O)CCC(=O)c1cccc(Br)n1.O=Cc1cccc(Br)n1. The molecule has 0 fully saturated rings. The molecule has 0 radical (unpaired) electrons. The number of carbonyl (C=O) groups excluding carboxylic acids is 3. The van der Waals surface area contributed by atoms with Crippen LogP contribution in [0.25, 0.3) is 0 Å². The second-order valence-corrected chi connectivity index (χ2v) is 6.10. The van der Waals surface area contributed by atoms with Crippen molar-refractivity contribution in [3.63, 3.8) is 0 Å². The maximum atomic E-state index is 11.5. The molecule has 0 saturated heterocycles. The van der Waals surface area contributed by atoms with Crippen molar-refractivity contribution in [1.82, 2.24) is 9.97 Å². The second kappa shape index (κ2) is 10.1. The van der Waals surface area contributed by atoms with Gasteiger partial charge in [-0.3, -0.25) is 9.59 Å². The van der Waals surface area contributed by atoms with E-state index in [1.807, 2.05) is 0 Å². The molecule has 0 saturated carbocycles. The molecule has 2 aromatic rings. The van der Waals surface area contributed by atoms with E-state index in [4.69, 9.17) is 0 Å². The van der Waals surface area contributed by atoms with Crippen LogP contribution in [-0.2, 0) is 4.79 Å². The molecule has 120 valence electrons. The van der Waals surface area contributed by atoms with E-state index in [9.17, 15) is 14.4 Å². The summed E-state index contributed by atoms with van der Waals surface area (Å²) in [6.07, 6.45) is 1.23. The number of carbonyl (C=O) groups is 3. The van der Waals surface area contributed by atoms with Crippen LogP contribution in [0.15, 0.2) is 45.6 Å². The lowest BCUT2D eigenvalue weighted by Crippen LogP contribution is -2.04. The maximum absolute atomic E-state index is 11.5. The Balaban J connectivity index is 0.000000253. The van der Waals surface area contributed by atoms with E-state index < -0.39 is 0 Å². The van der Waals surface area contributed by atoms with Crippen molar-refractivity contribution < 1.29 is 14.4 Å². The molecular formula is C16H14Br2N2O3. The number of ketones is 2. The molecule has 2 aromatic heterocycles. The quantitative estimate of drug-likeness (QED) is 0.397. The molecule has 0 bridgehead atoms. The molecule has 0 amide bonds. The monoisotopic (exact) mass is 440 g/mol. The minimum absolute atomic E-state index is 0.0216. The summed E-state index contributed by atoms with van der Waals surface area (Å²) in [5.74, 6) is -0.0742. The molecule has 0 atom stereocenters. The Morgan fingerprint density at radius 2 is 1.61 bits per heavy atom. The third-order valence-corrected chi connectivity index (χ3v) is 3.45. The molecule has 23 heavy (non-hydrogen) atoms. The van der Waals surface area contributed by atoms with Crippen molar-refractivity contribution in [2.75, 3.05) is 0 Å². The topological polar surface area (TPSA) is 77.0 Å². The number of pyridine rings is 2. The van der Waals surface area contributed by atoms with Gasteiger partial charge in [-0.05, 0) is 63.0 Å². The highest BCUT2D eigenvalue weighted by Gasteiger charge is 2.08. The van der Waals surface area contributed by atoms with Crippen LogP contribution in [0.3, 0.4) is 0 Å². The van der Waals surface area contributed by atoms with Gasteiger partial charge in [0.1, 0.15) is 26.4 Å². The van der Waals surface area contributed by atoms with Gasteiger partial charge in [0.2, 0.25) is 0 Å². The third-order valence-electron chi connectivity index (χ3n) is 2.56. The Morgan fingerprint density at radius 3 is 2.09 bits per heavy atom. The Labute approximate surface area is 150 Å². The largest absolute Gasteiger partial charge is 0.300 e. The van der Waals surface area contributed by atoms with Crippen molar-refractivity contribution in [3.8, 4) is 0 Å². The number of hydrogen-bond donors (Lipinski definition) is 0. The Hall–Kier alpha value is -1.73. The highest BCUT2D eigenvalue weighted by molar-refractivity contribution is 9.10. The smallest absolute Gasteiger partial charge is 0.181 e. The van der Waals surface area contributed by atoms with Crippen molar-refractivity contribution >= 4 is 49.7 Å². The molecule has 0 spiro atoms. The van der Waals surface area contributed by atoms with E-state index in [0.29, 0.717) is 26.9 Å². The predicted octanol–water partition coefficient (Wildman–Crippen LogP) is 4.05. The van der Waals surface area contributed by atoms with Crippen LogP contribution in [0.2, 0.25) is 0 Å². The lowest BCUT2D eigenvalue weighted by atomic mass is 10.1. The molecule has 0 N–H and O–H groups in total. The van der Waals surface area contributed by atoms with Crippen molar-refractivity contribution in [3.05, 3.63) is 57.0 Å². The zero-order valence-corrected chi connectivity index (χ0v) is 15.5. The predicted molar refractivity (Wildman–Crippen MR) is 93.5 cm³/mol. The standard InChI is InChI=1S/C10H10BrNO2.C6H4BrNO/c1-7(13)5-6-9(14)8-3-2-4-10(11)12-8;7-6-3-1-2-5(4-9)8-6/h2-4H,5-6H2,1H3;1-4H. The van der Waals surface area contributed by atoms with Gasteiger partial charge in [0, 0.05) is 12.8 Å². The summed E-state index contributed by atoms with van der Waals surface area (Å²) in [7, 11) is 0. The molecule has 0 aliphatic heterocycles. The molecule has 0 unspecified atom stereocenters. The number of hydrogen-bond acceptors (Lipinski definition) is 5. The Morgan fingerprint density at radius 1 is 1.00 bits per heavy atom. The second-order valence-electron chi connectivity index (χ2n) is 4.47. The van der Waals surface area contributed by atoms with Gasteiger partial charge in [-0.15, -0.1) is 0 Å². The number of aldehydes is 1. The van der Waals surface area contributed by atoms with Gasteiger partial charge in [0.25, 0.3) is 0 Å². The average Bonchev–Trinajstić information content (AvgIpc) is 2.53. The van der Waals surface area contributed by atoms with Gasteiger partial charge in [-0.1, -0.05) is 12.1 Å². The molecule has 2 heterocycles. The first-order valence-electron chi connectivity index (χ1n) is 6.65.